The van der Waals surface area contributed by atoms with Crippen LogP contribution in [-0.4, -0.2) is 23.5 Å². The van der Waals surface area contributed by atoms with Crippen molar-refractivity contribution in [1.82, 2.24) is 5.32 Å². The molecule has 4 heteroatoms. The molecule has 0 bridgehead atoms. The Bertz CT molecular complexity index is 329. The van der Waals surface area contributed by atoms with Gasteiger partial charge in [-0.05, 0) is 12.5 Å². The minimum Gasteiger partial charge on any atom is -0.394 e. The third-order valence-corrected chi connectivity index (χ3v) is 2.51. The summed E-state index contributed by atoms with van der Waals surface area (Å²) in [6.45, 7) is 1.59. The number of amides is 1. The number of nitrogens with one attached hydrogen (secondary N) is 1. The summed E-state index contributed by atoms with van der Waals surface area (Å²) in [5.41, 5.74) is 0.0821. The second kappa shape index (κ2) is 5.14. The van der Waals surface area contributed by atoms with Gasteiger partial charge in [-0.25, -0.2) is 0 Å². The number of alkyl halides is 1. The fourth-order valence-electron chi connectivity index (χ4n) is 1.35. The van der Waals surface area contributed by atoms with E-state index in [1.165, 1.54) is 0 Å². The Labute approximate surface area is 94.1 Å². The molecule has 1 rings (SSSR count). The molecule has 1 aromatic carbocycles. The SMILES string of the molecule is CC(CO)(NC(=O)CCl)c1ccccc1. The van der Waals surface area contributed by atoms with Crippen LogP contribution in [0.1, 0.15) is 12.5 Å². The number of hydrogen-bond acceptors (Lipinski definition) is 2. The first-order valence-electron chi connectivity index (χ1n) is 4.66. The van der Waals surface area contributed by atoms with Crippen LogP contribution in [0, 0.1) is 0 Å². The van der Waals surface area contributed by atoms with Gasteiger partial charge in [0.05, 0.1) is 12.1 Å². The van der Waals surface area contributed by atoms with Crippen LogP contribution >= 0.6 is 11.6 Å². The van der Waals surface area contributed by atoms with Gasteiger partial charge in [-0.15, -0.1) is 11.6 Å². The molecule has 0 aliphatic carbocycles. The minimum absolute atomic E-state index is 0.109. The zero-order valence-electron chi connectivity index (χ0n) is 8.53. The average Bonchev–Trinajstić information content (AvgIpc) is 2.30. The van der Waals surface area contributed by atoms with E-state index in [2.05, 4.69) is 5.32 Å². The molecule has 1 atom stereocenters. The highest BCUT2D eigenvalue weighted by Crippen LogP contribution is 2.19. The molecule has 15 heavy (non-hydrogen) atoms. The summed E-state index contributed by atoms with van der Waals surface area (Å²) in [5, 5.41) is 12.0. The van der Waals surface area contributed by atoms with Gasteiger partial charge >= 0.3 is 0 Å². The van der Waals surface area contributed by atoms with Crippen LogP contribution in [0.2, 0.25) is 0 Å². The van der Waals surface area contributed by atoms with Crippen molar-refractivity contribution in [2.24, 2.45) is 0 Å². The lowest BCUT2D eigenvalue weighted by atomic mass is 9.93. The van der Waals surface area contributed by atoms with E-state index in [1.54, 1.807) is 6.92 Å². The Morgan fingerprint density at radius 3 is 2.53 bits per heavy atom. The largest absolute Gasteiger partial charge is 0.394 e. The Morgan fingerprint density at radius 2 is 2.07 bits per heavy atom. The van der Waals surface area contributed by atoms with E-state index >= 15 is 0 Å². The maximum absolute atomic E-state index is 11.2. The molecule has 1 aromatic rings. The monoisotopic (exact) mass is 227 g/mol. The molecule has 0 fully saturated rings. The summed E-state index contributed by atoms with van der Waals surface area (Å²) in [4.78, 5) is 11.2. The van der Waals surface area contributed by atoms with Crippen molar-refractivity contribution in [3.63, 3.8) is 0 Å². The number of benzene rings is 1. The van der Waals surface area contributed by atoms with Crippen molar-refractivity contribution in [1.29, 1.82) is 0 Å². The van der Waals surface area contributed by atoms with Crippen molar-refractivity contribution < 1.29 is 9.90 Å². The summed E-state index contributed by atoms with van der Waals surface area (Å²) in [7, 11) is 0. The summed E-state index contributed by atoms with van der Waals surface area (Å²) >= 11 is 5.41. The maximum atomic E-state index is 11.2. The van der Waals surface area contributed by atoms with Gasteiger partial charge in [-0.3, -0.25) is 4.79 Å². The van der Waals surface area contributed by atoms with Gasteiger partial charge in [0.2, 0.25) is 5.91 Å². The molecule has 1 amide bonds. The number of rotatable bonds is 4. The van der Waals surface area contributed by atoms with E-state index in [1.807, 2.05) is 30.3 Å². The molecule has 2 N–H and O–H groups in total. The maximum Gasteiger partial charge on any atom is 0.235 e. The highest BCUT2D eigenvalue weighted by Gasteiger charge is 2.26. The van der Waals surface area contributed by atoms with Gasteiger partial charge in [0.25, 0.3) is 0 Å². The molecule has 0 heterocycles. The third kappa shape index (κ3) is 2.94. The van der Waals surface area contributed by atoms with E-state index in [9.17, 15) is 9.90 Å². The lowest BCUT2D eigenvalue weighted by molar-refractivity contribution is -0.121. The smallest absolute Gasteiger partial charge is 0.235 e. The van der Waals surface area contributed by atoms with E-state index in [4.69, 9.17) is 11.6 Å². The second-order valence-electron chi connectivity index (χ2n) is 3.54. The van der Waals surface area contributed by atoms with Crippen molar-refractivity contribution >= 4 is 17.5 Å². The van der Waals surface area contributed by atoms with Crippen LogP contribution in [0.5, 0.6) is 0 Å². The van der Waals surface area contributed by atoms with Crippen LogP contribution in [0.15, 0.2) is 30.3 Å². The summed E-state index contributed by atoms with van der Waals surface area (Å²) in [6, 6.07) is 9.30. The van der Waals surface area contributed by atoms with E-state index in [-0.39, 0.29) is 18.4 Å². The van der Waals surface area contributed by atoms with Gasteiger partial charge in [-0.1, -0.05) is 30.3 Å². The summed E-state index contributed by atoms with van der Waals surface area (Å²) < 4.78 is 0. The zero-order valence-corrected chi connectivity index (χ0v) is 9.29. The van der Waals surface area contributed by atoms with Crippen LogP contribution in [-0.2, 0) is 10.3 Å². The first-order chi connectivity index (χ1) is 7.12. The number of carbonyl (C=O) groups excluding carboxylic acids is 1. The van der Waals surface area contributed by atoms with Crippen LogP contribution in [0.4, 0.5) is 0 Å². The fourth-order valence-corrected chi connectivity index (χ4v) is 1.42. The van der Waals surface area contributed by atoms with Gasteiger partial charge in [0.15, 0.2) is 0 Å². The van der Waals surface area contributed by atoms with Gasteiger partial charge in [-0.2, -0.15) is 0 Å². The number of carbonyl (C=O) groups is 1. The van der Waals surface area contributed by atoms with Crippen LogP contribution in [0.3, 0.4) is 0 Å². The lowest BCUT2D eigenvalue weighted by Gasteiger charge is -2.29. The molecular weight excluding hydrogens is 214 g/mol. The molecule has 82 valence electrons. The standard InChI is InChI=1S/C11H14ClNO2/c1-11(8-14,13-10(15)7-12)9-5-3-2-4-6-9/h2-6,14H,7-8H2,1H3,(H,13,15). The number of hydrogen-bond donors (Lipinski definition) is 2. The Hall–Kier alpha value is -1.06. The molecular formula is C11H14ClNO2. The molecule has 0 saturated carbocycles. The summed E-state index contributed by atoms with van der Waals surface area (Å²) in [6.07, 6.45) is 0. The molecule has 0 spiro atoms. The van der Waals surface area contributed by atoms with Crippen molar-refractivity contribution in [3.05, 3.63) is 35.9 Å². The predicted octanol–water partition coefficient (Wildman–Crippen LogP) is 1.25. The van der Waals surface area contributed by atoms with Crippen LogP contribution in [0.25, 0.3) is 0 Å². The molecule has 1 unspecified atom stereocenters. The highest BCUT2D eigenvalue weighted by molar-refractivity contribution is 6.27. The Kier molecular flexibility index (Phi) is 4.12. The number of halogens is 1. The van der Waals surface area contributed by atoms with E-state index in [0.29, 0.717) is 0 Å². The topological polar surface area (TPSA) is 49.3 Å². The van der Waals surface area contributed by atoms with E-state index < -0.39 is 5.54 Å². The van der Waals surface area contributed by atoms with Gasteiger partial charge in [0, 0.05) is 0 Å². The molecule has 0 aromatic heterocycles. The van der Waals surface area contributed by atoms with Crippen LogP contribution < -0.4 is 5.32 Å². The molecule has 0 aliphatic heterocycles. The molecule has 3 nitrogen and oxygen atoms in total. The quantitative estimate of drug-likeness (QED) is 0.761. The number of aliphatic hydroxyl groups excluding tert-OH is 1. The Morgan fingerprint density at radius 1 is 1.47 bits per heavy atom. The number of aliphatic hydroxyl groups is 1. The lowest BCUT2D eigenvalue weighted by Crippen LogP contribution is -2.46. The van der Waals surface area contributed by atoms with Gasteiger partial charge in [0.1, 0.15) is 5.88 Å². The minimum atomic E-state index is -0.771. The fraction of sp³-hybridized carbons (Fsp3) is 0.364. The summed E-state index contributed by atoms with van der Waals surface area (Å²) in [5.74, 6) is -0.403. The molecule has 0 radical (unpaired) electrons. The Balaban J connectivity index is 2.90. The van der Waals surface area contributed by atoms with Crippen molar-refractivity contribution in [2.75, 3.05) is 12.5 Å². The van der Waals surface area contributed by atoms with E-state index in [0.717, 1.165) is 5.56 Å². The molecule has 0 aliphatic rings. The average molecular weight is 228 g/mol. The van der Waals surface area contributed by atoms with Crippen molar-refractivity contribution in [2.45, 2.75) is 12.5 Å². The normalized spacial score (nSPS) is 14.3. The van der Waals surface area contributed by atoms with Crippen molar-refractivity contribution in [3.8, 4) is 0 Å². The highest BCUT2D eigenvalue weighted by atomic mass is 35.5. The second-order valence-corrected chi connectivity index (χ2v) is 3.81. The van der Waals surface area contributed by atoms with Gasteiger partial charge < -0.3 is 10.4 Å². The first-order valence-corrected chi connectivity index (χ1v) is 5.19. The molecule has 0 saturated heterocycles. The third-order valence-electron chi connectivity index (χ3n) is 2.26. The zero-order chi connectivity index (χ0) is 11.3. The first kappa shape index (κ1) is 12.0. The predicted molar refractivity (Wildman–Crippen MR) is 59.7 cm³/mol.